The van der Waals surface area contributed by atoms with Gasteiger partial charge in [-0.2, -0.15) is 5.26 Å². The van der Waals surface area contributed by atoms with Crippen molar-refractivity contribution in [2.24, 2.45) is 0 Å². The fourth-order valence-electron chi connectivity index (χ4n) is 1.14. The molecule has 0 unspecified atom stereocenters. The smallest absolute Gasteiger partial charge is 0.236 e. The Hall–Kier alpha value is -1.12. The molecule has 0 aromatic heterocycles. The summed E-state index contributed by atoms with van der Waals surface area (Å²) in [6.07, 6.45) is 0.380. The molecule has 0 heterocycles. The number of amides is 1. The van der Waals surface area contributed by atoms with Crippen LogP contribution in [0.4, 0.5) is 0 Å². The molecule has 0 aromatic carbocycles. The molecule has 0 aliphatic carbocycles. The van der Waals surface area contributed by atoms with Crippen LogP contribution in [0.1, 0.15) is 13.3 Å². The van der Waals surface area contributed by atoms with E-state index in [0.29, 0.717) is 32.7 Å². The number of carbonyl (C=O) groups excluding carboxylic acids is 1. The highest BCUT2D eigenvalue weighted by Crippen LogP contribution is 1.91. The zero-order valence-electron chi connectivity index (χ0n) is 10.4. The SMILES string of the molecule is CCOCCN(C)CC(=O)N(C)CCC#N. The Morgan fingerprint density at radius 3 is 2.62 bits per heavy atom. The van der Waals surface area contributed by atoms with Crippen LogP contribution in [0, 0.1) is 11.3 Å². The van der Waals surface area contributed by atoms with E-state index in [-0.39, 0.29) is 5.91 Å². The molecule has 0 saturated heterocycles. The van der Waals surface area contributed by atoms with Gasteiger partial charge < -0.3 is 9.64 Å². The summed E-state index contributed by atoms with van der Waals surface area (Å²) in [6, 6.07) is 2.02. The van der Waals surface area contributed by atoms with Crippen molar-refractivity contribution in [2.45, 2.75) is 13.3 Å². The first-order valence-electron chi connectivity index (χ1n) is 5.49. The maximum absolute atomic E-state index is 11.6. The van der Waals surface area contributed by atoms with E-state index in [0.717, 1.165) is 6.54 Å². The molecule has 5 heteroatoms. The average Bonchev–Trinajstić information content (AvgIpc) is 2.26. The molecule has 0 radical (unpaired) electrons. The molecule has 1 amide bonds. The number of hydrogen-bond donors (Lipinski definition) is 0. The summed E-state index contributed by atoms with van der Waals surface area (Å²) in [5.41, 5.74) is 0. The lowest BCUT2D eigenvalue weighted by Crippen LogP contribution is -2.38. The first-order valence-corrected chi connectivity index (χ1v) is 5.49. The van der Waals surface area contributed by atoms with Crippen molar-refractivity contribution < 1.29 is 9.53 Å². The number of carbonyl (C=O) groups is 1. The normalized spacial score (nSPS) is 10.2. The fraction of sp³-hybridized carbons (Fsp3) is 0.818. The Kier molecular flexibility index (Phi) is 8.49. The molecule has 0 atom stereocenters. The maximum Gasteiger partial charge on any atom is 0.236 e. The van der Waals surface area contributed by atoms with Gasteiger partial charge >= 0.3 is 0 Å². The van der Waals surface area contributed by atoms with Gasteiger partial charge in [-0.25, -0.2) is 0 Å². The van der Waals surface area contributed by atoms with Gasteiger partial charge in [-0.3, -0.25) is 9.69 Å². The predicted molar refractivity (Wildman–Crippen MR) is 61.9 cm³/mol. The van der Waals surface area contributed by atoms with Crippen molar-refractivity contribution >= 4 is 5.91 Å². The molecule has 92 valence electrons. The van der Waals surface area contributed by atoms with E-state index in [1.807, 2.05) is 24.9 Å². The molecule has 0 N–H and O–H groups in total. The summed E-state index contributed by atoms with van der Waals surface area (Å²) in [6.45, 7) is 4.89. The van der Waals surface area contributed by atoms with Crippen LogP contribution in [0.15, 0.2) is 0 Å². The van der Waals surface area contributed by atoms with Crippen molar-refractivity contribution in [2.75, 3.05) is 46.9 Å². The van der Waals surface area contributed by atoms with Gasteiger partial charge in [0.25, 0.3) is 0 Å². The fourth-order valence-corrected chi connectivity index (χ4v) is 1.14. The van der Waals surface area contributed by atoms with Crippen LogP contribution in [0.3, 0.4) is 0 Å². The molecule has 0 rings (SSSR count). The lowest BCUT2D eigenvalue weighted by molar-refractivity contribution is -0.130. The molecule has 16 heavy (non-hydrogen) atoms. The van der Waals surface area contributed by atoms with Crippen LogP contribution in [0.2, 0.25) is 0 Å². The van der Waals surface area contributed by atoms with Crippen LogP contribution >= 0.6 is 0 Å². The Morgan fingerprint density at radius 1 is 1.38 bits per heavy atom. The monoisotopic (exact) mass is 227 g/mol. The second-order valence-electron chi connectivity index (χ2n) is 3.66. The lowest BCUT2D eigenvalue weighted by Gasteiger charge is -2.20. The topological polar surface area (TPSA) is 56.6 Å². The van der Waals surface area contributed by atoms with E-state index in [4.69, 9.17) is 10.00 Å². The van der Waals surface area contributed by atoms with Crippen molar-refractivity contribution in [3.8, 4) is 6.07 Å². The summed E-state index contributed by atoms with van der Waals surface area (Å²) in [5.74, 6) is 0.0363. The largest absolute Gasteiger partial charge is 0.380 e. The Bertz CT molecular complexity index is 238. The van der Waals surface area contributed by atoms with E-state index >= 15 is 0 Å². The van der Waals surface area contributed by atoms with Gasteiger partial charge in [-0.15, -0.1) is 0 Å². The second-order valence-corrected chi connectivity index (χ2v) is 3.66. The highest BCUT2D eigenvalue weighted by atomic mass is 16.5. The quantitative estimate of drug-likeness (QED) is 0.561. The average molecular weight is 227 g/mol. The summed E-state index contributed by atoms with van der Waals surface area (Å²) in [7, 11) is 3.60. The summed E-state index contributed by atoms with van der Waals surface area (Å²) < 4.78 is 5.20. The third-order valence-corrected chi connectivity index (χ3v) is 2.21. The van der Waals surface area contributed by atoms with E-state index in [1.54, 1.807) is 11.9 Å². The second kappa shape index (κ2) is 9.13. The Balaban J connectivity index is 3.72. The Morgan fingerprint density at radius 2 is 2.06 bits per heavy atom. The highest BCUT2D eigenvalue weighted by Gasteiger charge is 2.10. The molecule has 5 nitrogen and oxygen atoms in total. The van der Waals surface area contributed by atoms with Crippen molar-refractivity contribution in [3.63, 3.8) is 0 Å². The zero-order valence-corrected chi connectivity index (χ0v) is 10.4. The predicted octanol–water partition coefficient (Wildman–Crippen LogP) is 0.327. The molecular formula is C11H21N3O2. The number of rotatable bonds is 8. The van der Waals surface area contributed by atoms with Gasteiger partial charge in [0.05, 0.1) is 25.6 Å². The number of likely N-dealkylation sites (N-methyl/N-ethyl adjacent to an activating group) is 2. The maximum atomic E-state index is 11.6. The van der Waals surface area contributed by atoms with Crippen LogP contribution in [-0.4, -0.2) is 62.7 Å². The number of ether oxygens (including phenoxy) is 1. The van der Waals surface area contributed by atoms with E-state index in [9.17, 15) is 4.79 Å². The first-order chi connectivity index (χ1) is 7.61. The Labute approximate surface area is 97.6 Å². The van der Waals surface area contributed by atoms with Crippen molar-refractivity contribution in [1.82, 2.24) is 9.80 Å². The summed E-state index contributed by atoms with van der Waals surface area (Å²) >= 11 is 0. The molecular weight excluding hydrogens is 206 g/mol. The van der Waals surface area contributed by atoms with Gasteiger partial charge in [0.1, 0.15) is 0 Å². The first kappa shape index (κ1) is 14.9. The molecule has 0 fully saturated rings. The minimum absolute atomic E-state index is 0.0363. The minimum atomic E-state index is 0.0363. The summed E-state index contributed by atoms with van der Waals surface area (Å²) in [5, 5.41) is 8.41. The third kappa shape index (κ3) is 7.21. The highest BCUT2D eigenvalue weighted by molar-refractivity contribution is 5.77. The number of nitrogens with zero attached hydrogens (tertiary/aromatic N) is 3. The van der Waals surface area contributed by atoms with E-state index < -0.39 is 0 Å². The molecule has 0 aromatic rings. The molecule has 0 aliphatic heterocycles. The van der Waals surface area contributed by atoms with Crippen LogP contribution in [0.5, 0.6) is 0 Å². The van der Waals surface area contributed by atoms with E-state index in [2.05, 4.69) is 0 Å². The third-order valence-electron chi connectivity index (χ3n) is 2.21. The van der Waals surface area contributed by atoms with Gasteiger partial charge in [0.2, 0.25) is 5.91 Å². The minimum Gasteiger partial charge on any atom is -0.380 e. The van der Waals surface area contributed by atoms with Crippen LogP contribution in [-0.2, 0) is 9.53 Å². The summed E-state index contributed by atoms with van der Waals surface area (Å²) in [4.78, 5) is 15.1. The number of hydrogen-bond acceptors (Lipinski definition) is 4. The zero-order chi connectivity index (χ0) is 12.4. The van der Waals surface area contributed by atoms with Crippen LogP contribution < -0.4 is 0 Å². The van der Waals surface area contributed by atoms with Gasteiger partial charge in [0, 0.05) is 26.7 Å². The molecule has 0 aliphatic rings. The lowest BCUT2D eigenvalue weighted by atomic mass is 10.4. The van der Waals surface area contributed by atoms with Crippen molar-refractivity contribution in [3.05, 3.63) is 0 Å². The number of nitriles is 1. The molecule has 0 spiro atoms. The van der Waals surface area contributed by atoms with Gasteiger partial charge in [-0.1, -0.05) is 0 Å². The molecule has 0 bridgehead atoms. The van der Waals surface area contributed by atoms with E-state index in [1.165, 1.54) is 0 Å². The van der Waals surface area contributed by atoms with Gasteiger partial charge in [0.15, 0.2) is 0 Å². The van der Waals surface area contributed by atoms with Crippen molar-refractivity contribution in [1.29, 1.82) is 5.26 Å². The van der Waals surface area contributed by atoms with Gasteiger partial charge in [-0.05, 0) is 14.0 Å². The van der Waals surface area contributed by atoms with Crippen LogP contribution in [0.25, 0.3) is 0 Å². The standard InChI is InChI=1S/C11H21N3O2/c1-4-16-9-8-13(2)10-11(15)14(3)7-5-6-12/h4-5,7-10H2,1-3H3. The molecule has 0 saturated carbocycles.